The van der Waals surface area contributed by atoms with Crippen LogP contribution < -0.4 is 0 Å². The highest BCUT2D eigenvalue weighted by Gasteiger charge is 2.11. The predicted octanol–water partition coefficient (Wildman–Crippen LogP) is 4.41. The Morgan fingerprint density at radius 2 is 1.53 bits per heavy atom. The van der Waals surface area contributed by atoms with E-state index in [1.54, 1.807) is 0 Å². The highest BCUT2D eigenvalue weighted by molar-refractivity contribution is 5.81. The number of benzene rings is 1. The molecule has 1 heterocycles. The van der Waals surface area contributed by atoms with Gasteiger partial charge in [-0.25, -0.2) is 0 Å². The van der Waals surface area contributed by atoms with Crippen LogP contribution in [-0.4, -0.2) is 4.98 Å². The lowest BCUT2D eigenvalue weighted by molar-refractivity contribution is 0.793. The quantitative estimate of drug-likeness (QED) is 0.740. The molecular formula is C14H19N. The summed E-state index contributed by atoms with van der Waals surface area (Å²) in [4.78, 5) is 3.28. The molecule has 1 N–H and O–H groups in total. The van der Waals surface area contributed by atoms with Gasteiger partial charge in [-0.15, -0.1) is 0 Å². The fourth-order valence-corrected chi connectivity index (χ4v) is 2.13. The van der Waals surface area contributed by atoms with Crippen molar-refractivity contribution >= 4 is 10.9 Å². The lowest BCUT2D eigenvalue weighted by atomic mass is 9.89. The molecule has 1 aromatic heterocycles. The van der Waals surface area contributed by atoms with Gasteiger partial charge in [-0.3, -0.25) is 0 Å². The highest BCUT2D eigenvalue weighted by atomic mass is 14.7. The maximum atomic E-state index is 3.28. The van der Waals surface area contributed by atoms with Crippen LogP contribution in [0, 0.1) is 0 Å². The molecule has 0 amide bonds. The normalized spacial score (nSPS) is 11.9. The Bertz CT molecular complexity index is 421. The number of nitrogens with one attached hydrogen (secondary N) is 1. The zero-order valence-corrected chi connectivity index (χ0v) is 9.96. The second-order valence-electron chi connectivity index (χ2n) is 4.86. The molecule has 0 fully saturated rings. The maximum absolute atomic E-state index is 3.28. The SMILES string of the molecule is CC(C)c1cc2cc[nH]c2cc1C(C)C. The van der Waals surface area contributed by atoms with Crippen LogP contribution in [-0.2, 0) is 0 Å². The monoisotopic (exact) mass is 201 g/mol. The van der Waals surface area contributed by atoms with E-state index in [0.29, 0.717) is 11.8 Å². The van der Waals surface area contributed by atoms with Gasteiger partial charge in [0, 0.05) is 11.7 Å². The summed E-state index contributed by atoms with van der Waals surface area (Å²) in [6, 6.07) is 6.77. The van der Waals surface area contributed by atoms with Crippen molar-refractivity contribution in [3.05, 3.63) is 35.5 Å². The Balaban J connectivity index is 2.68. The molecule has 0 unspecified atom stereocenters. The van der Waals surface area contributed by atoms with E-state index in [1.807, 2.05) is 6.20 Å². The third-order valence-corrected chi connectivity index (χ3v) is 3.00. The van der Waals surface area contributed by atoms with Crippen molar-refractivity contribution < 1.29 is 0 Å². The average molecular weight is 201 g/mol. The molecule has 0 aliphatic carbocycles. The Morgan fingerprint density at radius 1 is 0.933 bits per heavy atom. The largest absolute Gasteiger partial charge is 0.361 e. The van der Waals surface area contributed by atoms with Crippen molar-refractivity contribution in [2.24, 2.45) is 0 Å². The number of hydrogen-bond donors (Lipinski definition) is 1. The van der Waals surface area contributed by atoms with E-state index in [0.717, 1.165) is 0 Å². The second kappa shape index (κ2) is 3.73. The first kappa shape index (κ1) is 10.3. The van der Waals surface area contributed by atoms with Gasteiger partial charge in [0.05, 0.1) is 0 Å². The van der Waals surface area contributed by atoms with Crippen molar-refractivity contribution in [3.63, 3.8) is 0 Å². The molecule has 1 nitrogen and oxygen atoms in total. The number of hydrogen-bond acceptors (Lipinski definition) is 0. The lowest BCUT2D eigenvalue weighted by Crippen LogP contribution is -1.98. The molecule has 0 radical (unpaired) electrons. The zero-order chi connectivity index (χ0) is 11.0. The molecule has 2 rings (SSSR count). The number of fused-ring (bicyclic) bond motifs is 1. The third-order valence-electron chi connectivity index (χ3n) is 3.00. The smallest absolute Gasteiger partial charge is 0.0456 e. The van der Waals surface area contributed by atoms with Crippen molar-refractivity contribution in [2.75, 3.05) is 0 Å². The molecule has 0 saturated carbocycles. The first-order chi connectivity index (χ1) is 7.09. The maximum Gasteiger partial charge on any atom is 0.0456 e. The van der Waals surface area contributed by atoms with Gasteiger partial charge in [0.15, 0.2) is 0 Å². The first-order valence-corrected chi connectivity index (χ1v) is 5.70. The molecule has 15 heavy (non-hydrogen) atoms. The molecule has 0 aliphatic heterocycles. The second-order valence-corrected chi connectivity index (χ2v) is 4.86. The molecule has 1 aromatic carbocycles. The summed E-state index contributed by atoms with van der Waals surface area (Å²) in [7, 11) is 0. The Kier molecular flexibility index (Phi) is 2.56. The van der Waals surface area contributed by atoms with Crippen LogP contribution in [0.3, 0.4) is 0 Å². The van der Waals surface area contributed by atoms with Crippen LogP contribution >= 0.6 is 0 Å². The number of rotatable bonds is 2. The van der Waals surface area contributed by atoms with Crippen LogP contribution in [0.15, 0.2) is 24.4 Å². The number of H-pyrrole nitrogens is 1. The fourth-order valence-electron chi connectivity index (χ4n) is 2.13. The molecule has 1 heteroatoms. The third kappa shape index (κ3) is 1.79. The Morgan fingerprint density at radius 3 is 2.13 bits per heavy atom. The van der Waals surface area contributed by atoms with Crippen molar-refractivity contribution in [2.45, 2.75) is 39.5 Å². The standard InChI is InChI=1S/C14H19N/c1-9(2)12-7-11-5-6-15-14(11)8-13(12)10(3)4/h5-10,15H,1-4H3. The lowest BCUT2D eigenvalue weighted by Gasteiger charge is -2.16. The average Bonchev–Trinajstić information content (AvgIpc) is 2.61. The van der Waals surface area contributed by atoms with Gasteiger partial charge in [-0.1, -0.05) is 27.7 Å². The van der Waals surface area contributed by atoms with Crippen LogP contribution in [0.5, 0.6) is 0 Å². The van der Waals surface area contributed by atoms with Gasteiger partial charge in [0.25, 0.3) is 0 Å². The van der Waals surface area contributed by atoms with Gasteiger partial charge in [-0.05, 0) is 46.5 Å². The van der Waals surface area contributed by atoms with E-state index >= 15 is 0 Å². The molecule has 0 saturated heterocycles. The van der Waals surface area contributed by atoms with Crippen LogP contribution in [0.2, 0.25) is 0 Å². The van der Waals surface area contributed by atoms with Gasteiger partial charge >= 0.3 is 0 Å². The topological polar surface area (TPSA) is 15.8 Å². The number of aromatic nitrogens is 1. The Hall–Kier alpha value is -1.24. The minimum atomic E-state index is 0.593. The van der Waals surface area contributed by atoms with E-state index in [2.05, 4.69) is 50.9 Å². The van der Waals surface area contributed by atoms with Crippen LogP contribution in [0.4, 0.5) is 0 Å². The van der Waals surface area contributed by atoms with Gasteiger partial charge in [-0.2, -0.15) is 0 Å². The number of aromatic amines is 1. The molecule has 2 aromatic rings. The van der Waals surface area contributed by atoms with Crippen molar-refractivity contribution in [3.8, 4) is 0 Å². The first-order valence-electron chi connectivity index (χ1n) is 5.70. The van der Waals surface area contributed by atoms with Gasteiger partial charge in [0.1, 0.15) is 0 Å². The van der Waals surface area contributed by atoms with Gasteiger partial charge < -0.3 is 4.98 Å². The summed E-state index contributed by atoms with van der Waals surface area (Å²) in [6.07, 6.45) is 2.01. The molecule has 0 atom stereocenters. The highest BCUT2D eigenvalue weighted by Crippen LogP contribution is 2.29. The minimum absolute atomic E-state index is 0.593. The fraction of sp³-hybridized carbons (Fsp3) is 0.429. The summed E-state index contributed by atoms with van der Waals surface area (Å²) in [5.41, 5.74) is 4.21. The van der Waals surface area contributed by atoms with Crippen LogP contribution in [0.1, 0.15) is 50.7 Å². The van der Waals surface area contributed by atoms with E-state index in [9.17, 15) is 0 Å². The van der Waals surface area contributed by atoms with E-state index in [1.165, 1.54) is 22.0 Å². The summed E-state index contributed by atoms with van der Waals surface area (Å²) < 4.78 is 0. The van der Waals surface area contributed by atoms with Crippen molar-refractivity contribution in [1.82, 2.24) is 4.98 Å². The molecule has 0 spiro atoms. The van der Waals surface area contributed by atoms with E-state index in [4.69, 9.17) is 0 Å². The van der Waals surface area contributed by atoms with Gasteiger partial charge in [0.2, 0.25) is 0 Å². The molecule has 80 valence electrons. The minimum Gasteiger partial charge on any atom is -0.361 e. The predicted molar refractivity (Wildman–Crippen MR) is 66.5 cm³/mol. The summed E-state index contributed by atoms with van der Waals surface area (Å²) in [6.45, 7) is 9.05. The van der Waals surface area contributed by atoms with Crippen LogP contribution in [0.25, 0.3) is 10.9 Å². The summed E-state index contributed by atoms with van der Waals surface area (Å²) >= 11 is 0. The molecule has 0 aliphatic rings. The summed E-state index contributed by atoms with van der Waals surface area (Å²) in [5, 5.41) is 1.32. The molecule has 0 bridgehead atoms. The van der Waals surface area contributed by atoms with E-state index < -0.39 is 0 Å². The zero-order valence-electron chi connectivity index (χ0n) is 9.96. The van der Waals surface area contributed by atoms with Crippen molar-refractivity contribution in [1.29, 1.82) is 0 Å². The molecular weight excluding hydrogens is 182 g/mol. The summed E-state index contributed by atoms with van der Waals surface area (Å²) in [5.74, 6) is 1.19. The van der Waals surface area contributed by atoms with E-state index in [-0.39, 0.29) is 0 Å². The Labute approximate surface area is 91.5 Å².